The van der Waals surface area contributed by atoms with Crippen molar-refractivity contribution >= 4 is 20.8 Å². The van der Waals surface area contributed by atoms with E-state index in [1.165, 1.54) is 5.56 Å². The lowest BCUT2D eigenvalue weighted by molar-refractivity contribution is 0.567. The number of aryl methyl sites for hydroxylation is 1. The topological polar surface area (TPSA) is 46.2 Å². The number of sulfonamides is 1. The average Bonchev–Trinajstić information content (AvgIpc) is 2.61. The number of fused-ring (bicyclic) bond motifs is 1. The molecule has 124 valence electrons. The van der Waals surface area contributed by atoms with Crippen LogP contribution in [0.5, 0.6) is 0 Å². The van der Waals surface area contributed by atoms with E-state index in [1.54, 1.807) is 12.1 Å². The highest BCUT2D eigenvalue weighted by Crippen LogP contribution is 2.21. The summed E-state index contributed by atoms with van der Waals surface area (Å²) in [4.78, 5) is 0.290. The van der Waals surface area contributed by atoms with E-state index < -0.39 is 10.0 Å². The Balaban J connectivity index is 1.85. The predicted molar refractivity (Wildman–Crippen MR) is 98.5 cm³/mol. The Labute approximate surface area is 143 Å². The molecule has 3 nitrogen and oxygen atoms in total. The molecule has 1 N–H and O–H groups in total. The van der Waals surface area contributed by atoms with E-state index in [1.807, 2.05) is 61.5 Å². The Morgan fingerprint density at radius 2 is 1.58 bits per heavy atom. The van der Waals surface area contributed by atoms with E-state index in [2.05, 4.69) is 11.6 Å². The number of hydrogen-bond donors (Lipinski definition) is 1. The van der Waals surface area contributed by atoms with Crippen LogP contribution >= 0.6 is 0 Å². The first-order chi connectivity index (χ1) is 11.5. The van der Waals surface area contributed by atoms with E-state index in [0.29, 0.717) is 4.90 Å². The zero-order valence-electron chi connectivity index (χ0n) is 13.9. The van der Waals surface area contributed by atoms with Crippen LogP contribution < -0.4 is 4.72 Å². The minimum Gasteiger partial charge on any atom is -0.207 e. The maximum Gasteiger partial charge on any atom is 0.241 e. The molecular weight excluding hydrogens is 318 g/mol. The van der Waals surface area contributed by atoms with Crippen molar-refractivity contribution in [2.45, 2.75) is 31.2 Å². The van der Waals surface area contributed by atoms with Crippen molar-refractivity contribution in [3.05, 3.63) is 77.9 Å². The largest absolute Gasteiger partial charge is 0.241 e. The van der Waals surface area contributed by atoms with Gasteiger partial charge in [-0.1, -0.05) is 61.5 Å². The predicted octanol–water partition coefficient (Wildman–Crippen LogP) is 4.44. The summed E-state index contributed by atoms with van der Waals surface area (Å²) >= 11 is 0. The Hall–Kier alpha value is -2.17. The van der Waals surface area contributed by atoms with Gasteiger partial charge in [0.1, 0.15) is 0 Å². The lowest BCUT2D eigenvalue weighted by Gasteiger charge is -2.15. The fraction of sp³-hybridized carbons (Fsp3) is 0.200. The molecule has 0 spiro atoms. The van der Waals surface area contributed by atoms with Crippen LogP contribution in [0.4, 0.5) is 0 Å². The molecular formula is C20H21NO2S. The van der Waals surface area contributed by atoms with E-state index in [-0.39, 0.29) is 6.04 Å². The summed E-state index contributed by atoms with van der Waals surface area (Å²) < 4.78 is 28.1. The van der Waals surface area contributed by atoms with Gasteiger partial charge < -0.3 is 0 Å². The van der Waals surface area contributed by atoms with Crippen molar-refractivity contribution in [3.8, 4) is 0 Å². The molecule has 4 heteroatoms. The number of rotatable bonds is 5. The average molecular weight is 339 g/mol. The van der Waals surface area contributed by atoms with E-state index in [4.69, 9.17) is 0 Å². The van der Waals surface area contributed by atoms with E-state index >= 15 is 0 Å². The van der Waals surface area contributed by atoms with Crippen LogP contribution in [0.1, 0.15) is 31.0 Å². The highest BCUT2D eigenvalue weighted by Gasteiger charge is 2.18. The van der Waals surface area contributed by atoms with Crippen molar-refractivity contribution in [1.29, 1.82) is 0 Å². The minimum absolute atomic E-state index is 0.285. The first-order valence-electron chi connectivity index (χ1n) is 8.09. The van der Waals surface area contributed by atoms with Crippen LogP contribution in [0.2, 0.25) is 0 Å². The Morgan fingerprint density at radius 3 is 2.25 bits per heavy atom. The smallest absolute Gasteiger partial charge is 0.207 e. The van der Waals surface area contributed by atoms with Crippen molar-refractivity contribution in [2.24, 2.45) is 0 Å². The molecule has 0 heterocycles. The summed E-state index contributed by atoms with van der Waals surface area (Å²) in [6, 6.07) is 20.7. The van der Waals surface area contributed by atoms with Gasteiger partial charge in [-0.05, 0) is 47.4 Å². The zero-order valence-corrected chi connectivity index (χ0v) is 14.7. The van der Waals surface area contributed by atoms with Crippen molar-refractivity contribution in [1.82, 2.24) is 4.72 Å². The van der Waals surface area contributed by atoms with Gasteiger partial charge in [0.05, 0.1) is 4.90 Å². The minimum atomic E-state index is -3.56. The van der Waals surface area contributed by atoms with Gasteiger partial charge in [0, 0.05) is 6.04 Å². The molecule has 1 atom stereocenters. The number of nitrogens with one attached hydrogen (secondary N) is 1. The Morgan fingerprint density at radius 1 is 0.917 bits per heavy atom. The molecule has 0 aliphatic heterocycles. The third-order valence-corrected chi connectivity index (χ3v) is 5.79. The lowest BCUT2D eigenvalue weighted by Crippen LogP contribution is -2.26. The molecule has 0 radical (unpaired) electrons. The van der Waals surface area contributed by atoms with Crippen LogP contribution in [-0.4, -0.2) is 8.42 Å². The molecule has 0 amide bonds. The highest BCUT2D eigenvalue weighted by molar-refractivity contribution is 7.89. The molecule has 0 fully saturated rings. The Kier molecular flexibility index (Phi) is 4.69. The second-order valence-corrected chi connectivity index (χ2v) is 7.66. The third kappa shape index (κ3) is 3.50. The van der Waals surface area contributed by atoms with Crippen LogP contribution in [0, 0.1) is 0 Å². The first kappa shape index (κ1) is 16.7. The maximum absolute atomic E-state index is 12.7. The van der Waals surface area contributed by atoms with E-state index in [9.17, 15) is 8.42 Å². The first-order valence-corrected chi connectivity index (χ1v) is 9.58. The van der Waals surface area contributed by atoms with E-state index in [0.717, 1.165) is 22.8 Å². The molecule has 0 unspecified atom stereocenters. The van der Waals surface area contributed by atoms with Crippen LogP contribution in [0.25, 0.3) is 10.8 Å². The molecule has 0 saturated heterocycles. The van der Waals surface area contributed by atoms with Crippen molar-refractivity contribution in [2.75, 3.05) is 0 Å². The maximum atomic E-state index is 12.7. The van der Waals surface area contributed by atoms with Gasteiger partial charge in [-0.3, -0.25) is 0 Å². The molecule has 3 aromatic carbocycles. The van der Waals surface area contributed by atoms with Gasteiger partial charge >= 0.3 is 0 Å². The zero-order chi connectivity index (χ0) is 17.2. The third-order valence-electron chi connectivity index (χ3n) is 4.25. The van der Waals surface area contributed by atoms with Gasteiger partial charge in [0.2, 0.25) is 10.0 Å². The van der Waals surface area contributed by atoms with Gasteiger partial charge in [-0.15, -0.1) is 0 Å². The second-order valence-electron chi connectivity index (χ2n) is 5.95. The molecule has 0 aromatic heterocycles. The molecule has 24 heavy (non-hydrogen) atoms. The van der Waals surface area contributed by atoms with Crippen LogP contribution in [0.15, 0.2) is 71.6 Å². The normalized spacial score (nSPS) is 13.1. The summed E-state index contributed by atoms with van der Waals surface area (Å²) in [5.74, 6) is 0. The quantitative estimate of drug-likeness (QED) is 0.747. The van der Waals surface area contributed by atoms with Crippen LogP contribution in [-0.2, 0) is 16.4 Å². The Bertz CT molecular complexity index is 947. The molecule has 0 bridgehead atoms. The van der Waals surface area contributed by atoms with Gasteiger partial charge in [-0.25, -0.2) is 13.1 Å². The fourth-order valence-corrected chi connectivity index (χ4v) is 4.01. The highest BCUT2D eigenvalue weighted by atomic mass is 32.2. The number of benzene rings is 3. The summed E-state index contributed by atoms with van der Waals surface area (Å²) in [5, 5.41) is 1.94. The molecule has 0 aliphatic rings. The molecule has 3 rings (SSSR count). The second kappa shape index (κ2) is 6.75. The number of hydrogen-bond acceptors (Lipinski definition) is 2. The standard InChI is InChI=1S/C20H21NO2S/c1-3-16-8-10-17(11-9-16)15(2)21-24(22,23)20-13-12-18-6-4-5-7-19(18)14-20/h4-15,21H,3H2,1-2H3/t15-/m0/s1. The molecule has 0 saturated carbocycles. The van der Waals surface area contributed by atoms with Crippen LogP contribution in [0.3, 0.4) is 0 Å². The SMILES string of the molecule is CCc1ccc([C@H](C)NS(=O)(=O)c2ccc3ccccc3c2)cc1. The summed E-state index contributed by atoms with van der Waals surface area (Å²) in [7, 11) is -3.56. The fourth-order valence-electron chi connectivity index (χ4n) is 2.75. The van der Waals surface area contributed by atoms with Crippen molar-refractivity contribution in [3.63, 3.8) is 0 Å². The summed E-state index contributed by atoms with van der Waals surface area (Å²) in [6.45, 7) is 3.96. The van der Waals surface area contributed by atoms with Gasteiger partial charge in [0.15, 0.2) is 0 Å². The van der Waals surface area contributed by atoms with Gasteiger partial charge in [-0.2, -0.15) is 0 Å². The van der Waals surface area contributed by atoms with Gasteiger partial charge in [0.25, 0.3) is 0 Å². The summed E-state index contributed by atoms with van der Waals surface area (Å²) in [6.07, 6.45) is 0.970. The lowest BCUT2D eigenvalue weighted by atomic mass is 10.1. The molecule has 3 aromatic rings. The summed E-state index contributed by atoms with van der Waals surface area (Å²) in [5.41, 5.74) is 2.19. The molecule has 0 aliphatic carbocycles. The monoisotopic (exact) mass is 339 g/mol. The van der Waals surface area contributed by atoms with Crippen molar-refractivity contribution < 1.29 is 8.42 Å².